The first-order valence-corrected chi connectivity index (χ1v) is 4.81. The molecule has 0 unspecified atom stereocenters. The molecule has 0 amide bonds. The number of carbonyl (C=O) groups is 1. The van der Waals surface area contributed by atoms with Crippen LogP contribution in [0.4, 0.5) is 10.1 Å². The number of nitrogens with one attached hydrogen (secondary N) is 1. The summed E-state index contributed by atoms with van der Waals surface area (Å²) in [4.78, 5) is 11.3. The fourth-order valence-corrected chi connectivity index (χ4v) is 1.35. The molecule has 0 aliphatic carbocycles. The van der Waals surface area contributed by atoms with E-state index in [1.54, 1.807) is 0 Å². The molecule has 1 aromatic carbocycles. The zero-order valence-electron chi connectivity index (χ0n) is 8.83. The van der Waals surface area contributed by atoms with Crippen molar-refractivity contribution in [2.75, 3.05) is 12.4 Å². The summed E-state index contributed by atoms with van der Waals surface area (Å²) in [5.41, 5.74) is 5.77. The van der Waals surface area contributed by atoms with Crippen molar-refractivity contribution in [3.63, 3.8) is 0 Å². The predicted molar refractivity (Wildman–Crippen MR) is 63.4 cm³/mol. The molecule has 6 heteroatoms. The van der Waals surface area contributed by atoms with E-state index in [1.165, 1.54) is 20.1 Å². The number of halogens is 1. The molecule has 0 radical (unpaired) electrons. The van der Waals surface area contributed by atoms with Gasteiger partial charge in [-0.1, -0.05) is 0 Å². The molecule has 0 aliphatic rings. The highest BCUT2D eigenvalue weighted by Gasteiger charge is 2.13. The van der Waals surface area contributed by atoms with Crippen LogP contribution in [0.1, 0.15) is 17.3 Å². The van der Waals surface area contributed by atoms with Crippen LogP contribution in [0.15, 0.2) is 12.1 Å². The number of thiocarbonyl (C=S) groups is 1. The molecule has 4 nitrogen and oxygen atoms in total. The number of Topliss-reactive ketones (excluding diaryl/α,β-unsaturated/α-hetero) is 1. The number of hydrogen-bond acceptors (Lipinski definition) is 3. The predicted octanol–water partition coefficient (Wildman–Crippen LogP) is 1.69. The lowest BCUT2D eigenvalue weighted by molar-refractivity contribution is 0.101. The smallest absolute Gasteiger partial charge is 0.168 e. The highest BCUT2D eigenvalue weighted by Crippen LogP contribution is 2.26. The number of anilines is 1. The van der Waals surface area contributed by atoms with Gasteiger partial charge in [-0.05, 0) is 25.2 Å². The molecule has 3 N–H and O–H groups in total. The molecule has 1 rings (SSSR count). The van der Waals surface area contributed by atoms with Crippen LogP contribution in [0.3, 0.4) is 0 Å². The number of carbonyl (C=O) groups excluding carboxylic acids is 1. The van der Waals surface area contributed by atoms with Gasteiger partial charge in [-0.25, -0.2) is 4.39 Å². The van der Waals surface area contributed by atoms with Crippen molar-refractivity contribution in [3.05, 3.63) is 23.5 Å². The van der Waals surface area contributed by atoms with E-state index >= 15 is 0 Å². The monoisotopic (exact) mass is 242 g/mol. The van der Waals surface area contributed by atoms with Gasteiger partial charge in [0.2, 0.25) is 0 Å². The number of benzene rings is 1. The van der Waals surface area contributed by atoms with Gasteiger partial charge in [0.25, 0.3) is 0 Å². The molecule has 0 aliphatic heterocycles. The van der Waals surface area contributed by atoms with E-state index in [9.17, 15) is 9.18 Å². The zero-order chi connectivity index (χ0) is 12.3. The van der Waals surface area contributed by atoms with E-state index in [2.05, 4.69) is 17.5 Å². The molecule has 86 valence electrons. The Morgan fingerprint density at radius 3 is 2.62 bits per heavy atom. The third-order valence-electron chi connectivity index (χ3n) is 1.93. The van der Waals surface area contributed by atoms with Crippen molar-refractivity contribution < 1.29 is 13.9 Å². The van der Waals surface area contributed by atoms with Crippen LogP contribution >= 0.6 is 12.2 Å². The summed E-state index contributed by atoms with van der Waals surface area (Å²) in [6.07, 6.45) is 0. The number of methoxy groups -OCH3 is 1. The van der Waals surface area contributed by atoms with Crippen LogP contribution in [-0.2, 0) is 0 Å². The van der Waals surface area contributed by atoms with E-state index < -0.39 is 5.82 Å². The number of ether oxygens (including phenoxy) is 1. The summed E-state index contributed by atoms with van der Waals surface area (Å²) < 4.78 is 18.2. The number of hydrogen-bond donors (Lipinski definition) is 2. The number of ketones is 1. The second-order valence-electron chi connectivity index (χ2n) is 3.08. The first kappa shape index (κ1) is 12.4. The average Bonchev–Trinajstić information content (AvgIpc) is 2.16. The second-order valence-corrected chi connectivity index (χ2v) is 3.52. The third kappa shape index (κ3) is 2.66. The standard InChI is InChI=1S/C10H11FN2O2S/c1-5(14)6-3-9(15-2)7(11)4-8(6)13-10(12)16/h3-4H,1-2H3,(H3,12,13,16). The largest absolute Gasteiger partial charge is 0.494 e. The lowest BCUT2D eigenvalue weighted by Crippen LogP contribution is -2.20. The molecule has 16 heavy (non-hydrogen) atoms. The van der Waals surface area contributed by atoms with Crippen molar-refractivity contribution in [2.45, 2.75) is 6.92 Å². The van der Waals surface area contributed by atoms with Crippen LogP contribution in [0.5, 0.6) is 5.75 Å². The van der Waals surface area contributed by atoms with Gasteiger partial charge in [0.05, 0.1) is 12.8 Å². The average molecular weight is 242 g/mol. The van der Waals surface area contributed by atoms with E-state index in [1.807, 2.05) is 0 Å². The fourth-order valence-electron chi connectivity index (χ4n) is 1.24. The Balaban J connectivity index is 3.30. The maximum Gasteiger partial charge on any atom is 0.168 e. The van der Waals surface area contributed by atoms with Gasteiger partial charge in [0.15, 0.2) is 22.5 Å². The molecule has 0 bridgehead atoms. The van der Waals surface area contributed by atoms with Crippen LogP contribution < -0.4 is 15.8 Å². The summed E-state index contributed by atoms with van der Waals surface area (Å²) in [5, 5.41) is 2.50. The number of nitrogens with two attached hydrogens (primary N) is 1. The quantitative estimate of drug-likeness (QED) is 0.624. The third-order valence-corrected chi connectivity index (χ3v) is 2.03. The van der Waals surface area contributed by atoms with Crippen LogP contribution in [0, 0.1) is 5.82 Å². The Morgan fingerprint density at radius 1 is 1.56 bits per heavy atom. The van der Waals surface area contributed by atoms with Crippen molar-refractivity contribution >= 4 is 28.8 Å². The minimum Gasteiger partial charge on any atom is -0.494 e. The van der Waals surface area contributed by atoms with E-state index in [4.69, 9.17) is 10.5 Å². The summed E-state index contributed by atoms with van der Waals surface area (Å²) in [5.74, 6) is -0.831. The molecule has 0 aromatic heterocycles. The Bertz CT molecular complexity index is 449. The van der Waals surface area contributed by atoms with Gasteiger partial charge >= 0.3 is 0 Å². The molecular weight excluding hydrogens is 231 g/mol. The summed E-state index contributed by atoms with van der Waals surface area (Å²) >= 11 is 4.63. The summed E-state index contributed by atoms with van der Waals surface area (Å²) in [7, 11) is 1.32. The SMILES string of the molecule is COc1cc(C(C)=O)c(NC(N)=S)cc1F. The van der Waals surface area contributed by atoms with E-state index in [0.29, 0.717) is 0 Å². The molecular formula is C10H11FN2O2S. The topological polar surface area (TPSA) is 64.3 Å². The minimum absolute atomic E-state index is 0.00121. The lowest BCUT2D eigenvalue weighted by atomic mass is 10.1. The van der Waals surface area contributed by atoms with Crippen molar-refractivity contribution in [3.8, 4) is 5.75 Å². The summed E-state index contributed by atoms with van der Waals surface area (Å²) in [6, 6.07) is 2.42. The van der Waals surface area contributed by atoms with E-state index in [-0.39, 0.29) is 27.9 Å². The van der Waals surface area contributed by atoms with Gasteiger partial charge in [-0.2, -0.15) is 0 Å². The zero-order valence-corrected chi connectivity index (χ0v) is 9.65. The lowest BCUT2D eigenvalue weighted by Gasteiger charge is -2.11. The minimum atomic E-state index is -0.591. The molecule has 0 saturated carbocycles. The highest BCUT2D eigenvalue weighted by molar-refractivity contribution is 7.80. The molecule has 0 heterocycles. The van der Waals surface area contributed by atoms with E-state index in [0.717, 1.165) is 6.07 Å². The Morgan fingerprint density at radius 2 is 2.19 bits per heavy atom. The second kappa shape index (κ2) is 4.89. The molecule has 0 fully saturated rings. The maximum atomic E-state index is 13.4. The first-order chi connectivity index (χ1) is 7.45. The Labute approximate surface area is 97.6 Å². The molecule has 0 atom stereocenters. The van der Waals surface area contributed by atoms with Crippen LogP contribution in [0.2, 0.25) is 0 Å². The van der Waals surface area contributed by atoms with Gasteiger partial charge in [0, 0.05) is 11.6 Å². The van der Waals surface area contributed by atoms with Crippen LogP contribution in [-0.4, -0.2) is 18.0 Å². The van der Waals surface area contributed by atoms with Gasteiger partial charge in [-0.15, -0.1) is 0 Å². The Kier molecular flexibility index (Phi) is 3.78. The van der Waals surface area contributed by atoms with Crippen molar-refractivity contribution in [1.29, 1.82) is 0 Å². The van der Waals surface area contributed by atoms with Gasteiger partial charge < -0.3 is 15.8 Å². The maximum absolute atomic E-state index is 13.4. The van der Waals surface area contributed by atoms with Gasteiger partial charge in [-0.3, -0.25) is 4.79 Å². The van der Waals surface area contributed by atoms with Crippen molar-refractivity contribution in [2.24, 2.45) is 5.73 Å². The van der Waals surface area contributed by atoms with Crippen molar-refractivity contribution in [1.82, 2.24) is 0 Å². The Hall–Kier alpha value is -1.69. The summed E-state index contributed by atoms with van der Waals surface area (Å²) in [6.45, 7) is 1.36. The number of rotatable bonds is 3. The molecule has 0 saturated heterocycles. The first-order valence-electron chi connectivity index (χ1n) is 4.40. The molecule has 1 aromatic rings. The van der Waals surface area contributed by atoms with Crippen LogP contribution in [0.25, 0.3) is 0 Å². The highest BCUT2D eigenvalue weighted by atomic mass is 32.1. The normalized spacial score (nSPS) is 9.69. The fraction of sp³-hybridized carbons (Fsp3) is 0.200. The molecule has 0 spiro atoms. The van der Waals surface area contributed by atoms with Gasteiger partial charge in [0.1, 0.15) is 0 Å².